The van der Waals surface area contributed by atoms with Crippen molar-refractivity contribution in [1.82, 2.24) is 4.90 Å². The lowest BCUT2D eigenvalue weighted by molar-refractivity contribution is -0.139. The number of benzene rings is 2. The Hall–Kier alpha value is -2.79. The number of likely N-dealkylation sites (tertiary alicyclic amines) is 1. The number of ether oxygens (including phenoxy) is 1. The van der Waals surface area contributed by atoms with Gasteiger partial charge in [0.1, 0.15) is 11.5 Å². The highest BCUT2D eigenvalue weighted by Gasteiger charge is 2.45. The lowest BCUT2D eigenvalue weighted by Gasteiger charge is -2.25. The Balaban J connectivity index is 2.13. The van der Waals surface area contributed by atoms with Gasteiger partial charge in [-0.2, -0.15) is 0 Å². The molecule has 1 atom stereocenters. The van der Waals surface area contributed by atoms with Gasteiger partial charge in [-0.05, 0) is 50.1 Å². The lowest BCUT2D eigenvalue weighted by atomic mass is 9.95. The van der Waals surface area contributed by atoms with Gasteiger partial charge < -0.3 is 14.7 Å². The number of aliphatic hydroxyl groups excluding tert-OH is 1. The van der Waals surface area contributed by atoms with Crippen LogP contribution in [0.15, 0.2) is 54.1 Å². The Morgan fingerprint density at radius 3 is 2.48 bits per heavy atom. The van der Waals surface area contributed by atoms with E-state index in [2.05, 4.69) is 0 Å². The molecule has 1 unspecified atom stereocenters. The van der Waals surface area contributed by atoms with Crippen molar-refractivity contribution in [3.05, 3.63) is 70.3 Å². The summed E-state index contributed by atoms with van der Waals surface area (Å²) in [5.41, 5.74) is 1.22. The first-order valence-corrected chi connectivity index (χ1v) is 10.0. The molecule has 0 saturated carbocycles. The van der Waals surface area contributed by atoms with Gasteiger partial charge in [-0.15, -0.1) is 0 Å². The van der Waals surface area contributed by atoms with E-state index in [0.717, 1.165) is 5.56 Å². The van der Waals surface area contributed by atoms with Crippen LogP contribution in [-0.4, -0.2) is 34.3 Å². The summed E-state index contributed by atoms with van der Waals surface area (Å²) in [6.45, 7) is 6.16. The van der Waals surface area contributed by atoms with E-state index in [1.54, 1.807) is 48.5 Å². The van der Waals surface area contributed by atoms with Gasteiger partial charge in [0.15, 0.2) is 0 Å². The molecular weight excluding hydrogens is 390 g/mol. The quantitative estimate of drug-likeness (QED) is 0.413. The summed E-state index contributed by atoms with van der Waals surface area (Å²) in [6.07, 6.45) is 0.658. The molecule has 6 heteroatoms. The summed E-state index contributed by atoms with van der Waals surface area (Å²) in [4.78, 5) is 27.0. The Morgan fingerprint density at radius 1 is 1.17 bits per heavy atom. The van der Waals surface area contributed by atoms with Crippen LogP contribution >= 0.6 is 11.6 Å². The van der Waals surface area contributed by atoms with Crippen LogP contribution in [0.3, 0.4) is 0 Å². The molecule has 1 amide bonds. The highest BCUT2D eigenvalue weighted by Crippen LogP contribution is 2.40. The van der Waals surface area contributed by atoms with Crippen molar-refractivity contribution >= 4 is 29.1 Å². The summed E-state index contributed by atoms with van der Waals surface area (Å²) in [5, 5.41) is 11.6. The molecule has 1 fully saturated rings. The summed E-state index contributed by atoms with van der Waals surface area (Å²) in [6, 6.07) is 13.2. The minimum atomic E-state index is -0.689. The molecule has 0 bridgehead atoms. The summed E-state index contributed by atoms with van der Waals surface area (Å²) in [7, 11) is 0. The van der Waals surface area contributed by atoms with E-state index in [9.17, 15) is 14.7 Å². The van der Waals surface area contributed by atoms with E-state index in [4.69, 9.17) is 16.3 Å². The molecule has 0 aliphatic carbocycles. The third-order valence-corrected chi connectivity index (χ3v) is 4.92. The second-order valence-electron chi connectivity index (χ2n) is 7.24. The van der Waals surface area contributed by atoms with Crippen molar-refractivity contribution in [2.75, 3.05) is 6.54 Å². The second-order valence-corrected chi connectivity index (χ2v) is 7.67. The first kappa shape index (κ1) is 20.9. The van der Waals surface area contributed by atoms with Gasteiger partial charge in [-0.3, -0.25) is 9.59 Å². The van der Waals surface area contributed by atoms with Crippen molar-refractivity contribution in [3.8, 4) is 5.75 Å². The van der Waals surface area contributed by atoms with Gasteiger partial charge >= 0.3 is 0 Å². The fourth-order valence-electron chi connectivity index (χ4n) is 3.49. The molecule has 3 rings (SSSR count). The highest BCUT2D eigenvalue weighted by molar-refractivity contribution is 6.46. The predicted octanol–water partition coefficient (Wildman–Crippen LogP) is 4.96. The standard InChI is InChI=1S/C23H24ClNO4/c1-4-12-25-20(15-8-10-17(24)11-9-15)19(22(27)23(25)28)21(26)16-6-5-7-18(13-16)29-14(2)3/h5-11,13-14,20,26H,4,12H2,1-3H3/b21-19-. The van der Waals surface area contributed by atoms with Gasteiger partial charge in [0, 0.05) is 17.1 Å². The number of hydrogen-bond donors (Lipinski definition) is 1. The van der Waals surface area contributed by atoms with Crippen LogP contribution in [0.2, 0.25) is 5.02 Å². The number of aliphatic hydroxyl groups is 1. The summed E-state index contributed by atoms with van der Waals surface area (Å²) in [5.74, 6) is -0.931. The molecular formula is C23H24ClNO4. The Labute approximate surface area is 175 Å². The van der Waals surface area contributed by atoms with Gasteiger partial charge in [0.2, 0.25) is 0 Å². The fraction of sp³-hybridized carbons (Fsp3) is 0.304. The Morgan fingerprint density at radius 2 is 1.86 bits per heavy atom. The molecule has 152 valence electrons. The molecule has 1 aliphatic heterocycles. The molecule has 0 aromatic heterocycles. The van der Waals surface area contributed by atoms with Crippen molar-refractivity contribution in [3.63, 3.8) is 0 Å². The number of carbonyl (C=O) groups is 2. The number of hydrogen-bond acceptors (Lipinski definition) is 4. The fourth-order valence-corrected chi connectivity index (χ4v) is 3.61. The molecule has 5 nitrogen and oxygen atoms in total. The number of carbonyl (C=O) groups excluding carboxylic acids is 2. The average Bonchev–Trinajstić information content (AvgIpc) is 2.93. The third kappa shape index (κ3) is 4.30. The number of ketones is 1. The zero-order valence-corrected chi connectivity index (χ0v) is 17.4. The molecule has 1 heterocycles. The van der Waals surface area contributed by atoms with E-state index in [0.29, 0.717) is 29.3 Å². The van der Waals surface area contributed by atoms with E-state index in [-0.39, 0.29) is 17.4 Å². The van der Waals surface area contributed by atoms with Crippen LogP contribution < -0.4 is 4.74 Å². The highest BCUT2D eigenvalue weighted by atomic mass is 35.5. The number of halogens is 1. The maximum absolute atomic E-state index is 12.9. The van der Waals surface area contributed by atoms with E-state index in [1.807, 2.05) is 20.8 Å². The zero-order chi connectivity index (χ0) is 21.1. The van der Waals surface area contributed by atoms with Gasteiger partial charge in [-0.25, -0.2) is 0 Å². The van der Waals surface area contributed by atoms with Crippen LogP contribution in [0.1, 0.15) is 44.4 Å². The predicted molar refractivity (Wildman–Crippen MR) is 113 cm³/mol. The average molecular weight is 414 g/mol. The van der Waals surface area contributed by atoms with Gasteiger partial charge in [0.25, 0.3) is 11.7 Å². The molecule has 2 aromatic rings. The topological polar surface area (TPSA) is 66.8 Å². The van der Waals surface area contributed by atoms with Crippen LogP contribution in [0, 0.1) is 0 Å². The number of amides is 1. The second kappa shape index (κ2) is 8.70. The lowest BCUT2D eigenvalue weighted by Crippen LogP contribution is -2.30. The van der Waals surface area contributed by atoms with Gasteiger partial charge in [0.05, 0.1) is 17.7 Å². The Bertz CT molecular complexity index is 950. The van der Waals surface area contributed by atoms with E-state index < -0.39 is 17.7 Å². The number of nitrogens with zero attached hydrogens (tertiary/aromatic N) is 1. The summed E-state index contributed by atoms with van der Waals surface area (Å²) < 4.78 is 5.69. The molecule has 1 aliphatic rings. The smallest absolute Gasteiger partial charge is 0.295 e. The minimum Gasteiger partial charge on any atom is -0.507 e. The van der Waals surface area contributed by atoms with Crippen LogP contribution in [0.4, 0.5) is 0 Å². The minimum absolute atomic E-state index is 0.0309. The first-order valence-electron chi connectivity index (χ1n) is 9.64. The van der Waals surface area contributed by atoms with Crippen LogP contribution in [0.5, 0.6) is 5.75 Å². The molecule has 1 saturated heterocycles. The molecule has 2 aromatic carbocycles. The monoisotopic (exact) mass is 413 g/mol. The molecule has 29 heavy (non-hydrogen) atoms. The van der Waals surface area contributed by atoms with E-state index in [1.165, 1.54) is 4.90 Å². The van der Waals surface area contributed by atoms with Gasteiger partial charge in [-0.1, -0.05) is 42.8 Å². The normalized spacial score (nSPS) is 18.5. The maximum Gasteiger partial charge on any atom is 0.295 e. The first-order chi connectivity index (χ1) is 13.8. The summed E-state index contributed by atoms with van der Waals surface area (Å²) >= 11 is 6.00. The SMILES string of the molecule is CCCN1C(=O)C(=O)/C(=C(\O)c2cccc(OC(C)C)c2)C1c1ccc(Cl)cc1. The van der Waals surface area contributed by atoms with Crippen molar-refractivity contribution < 1.29 is 19.4 Å². The zero-order valence-electron chi connectivity index (χ0n) is 16.7. The van der Waals surface area contributed by atoms with E-state index >= 15 is 0 Å². The van der Waals surface area contributed by atoms with Crippen LogP contribution in [-0.2, 0) is 9.59 Å². The Kier molecular flexibility index (Phi) is 6.28. The van der Waals surface area contributed by atoms with Crippen LogP contribution in [0.25, 0.3) is 5.76 Å². The van der Waals surface area contributed by atoms with Crippen molar-refractivity contribution in [2.45, 2.75) is 39.3 Å². The number of Topliss-reactive ketones (excluding diaryl/α,β-unsaturated/α-hetero) is 1. The molecule has 0 radical (unpaired) electrons. The van der Waals surface area contributed by atoms with Crippen molar-refractivity contribution in [1.29, 1.82) is 0 Å². The van der Waals surface area contributed by atoms with Crippen molar-refractivity contribution in [2.24, 2.45) is 0 Å². The third-order valence-electron chi connectivity index (χ3n) is 4.67. The molecule has 1 N–H and O–H groups in total. The maximum atomic E-state index is 12.9. The molecule has 0 spiro atoms. The largest absolute Gasteiger partial charge is 0.507 e. The number of rotatable bonds is 6.